The van der Waals surface area contributed by atoms with Crippen LogP contribution in [0.15, 0.2) is 66.7 Å². The standard InChI is InChI=1S/C22H20N2OS/c1-15(22-23-19-12-5-6-13-20(19)26-22)24(2)21(25)14-17-10-7-9-16-8-3-4-11-18(16)17/h3-13,15H,14H2,1-2H3. The van der Waals surface area contributed by atoms with E-state index in [2.05, 4.69) is 24.3 Å². The summed E-state index contributed by atoms with van der Waals surface area (Å²) in [6.45, 7) is 2.04. The number of thiazole rings is 1. The number of fused-ring (bicyclic) bond motifs is 2. The zero-order valence-corrected chi connectivity index (χ0v) is 15.7. The molecule has 0 saturated carbocycles. The van der Waals surface area contributed by atoms with Crippen LogP contribution in [0.3, 0.4) is 0 Å². The molecule has 0 bridgehead atoms. The summed E-state index contributed by atoms with van der Waals surface area (Å²) >= 11 is 1.65. The van der Waals surface area contributed by atoms with Gasteiger partial charge in [0, 0.05) is 7.05 Å². The molecule has 130 valence electrons. The number of para-hydroxylation sites is 1. The average Bonchev–Trinajstić information content (AvgIpc) is 3.11. The monoisotopic (exact) mass is 360 g/mol. The van der Waals surface area contributed by atoms with Gasteiger partial charge in [-0.05, 0) is 35.4 Å². The Morgan fingerprint density at radius 2 is 1.77 bits per heavy atom. The lowest BCUT2D eigenvalue weighted by molar-refractivity contribution is -0.131. The van der Waals surface area contributed by atoms with E-state index in [0.717, 1.165) is 26.2 Å². The normalized spacial score (nSPS) is 12.4. The van der Waals surface area contributed by atoms with Gasteiger partial charge >= 0.3 is 0 Å². The Morgan fingerprint density at radius 3 is 2.62 bits per heavy atom. The maximum Gasteiger partial charge on any atom is 0.227 e. The SMILES string of the molecule is CC(c1nc2ccccc2s1)N(C)C(=O)Cc1cccc2ccccc12. The van der Waals surface area contributed by atoms with Crippen LogP contribution in [0.2, 0.25) is 0 Å². The van der Waals surface area contributed by atoms with Crippen LogP contribution in [-0.2, 0) is 11.2 Å². The number of amides is 1. The second-order valence-corrected chi connectivity index (χ2v) is 7.58. The molecule has 0 spiro atoms. The smallest absolute Gasteiger partial charge is 0.227 e. The van der Waals surface area contributed by atoms with Crippen molar-refractivity contribution >= 4 is 38.2 Å². The molecule has 4 heteroatoms. The van der Waals surface area contributed by atoms with E-state index in [9.17, 15) is 4.79 Å². The van der Waals surface area contributed by atoms with E-state index in [0.29, 0.717) is 6.42 Å². The Bertz CT molecular complexity index is 1050. The fraction of sp³-hybridized carbons (Fsp3) is 0.182. The summed E-state index contributed by atoms with van der Waals surface area (Å²) in [5, 5.41) is 3.28. The van der Waals surface area contributed by atoms with Crippen LogP contribution in [0, 0.1) is 0 Å². The molecule has 1 aromatic heterocycles. The summed E-state index contributed by atoms with van der Waals surface area (Å²) in [5.74, 6) is 0.105. The van der Waals surface area contributed by atoms with Crippen molar-refractivity contribution in [2.75, 3.05) is 7.05 Å². The Morgan fingerprint density at radius 1 is 1.04 bits per heavy atom. The highest BCUT2D eigenvalue weighted by Gasteiger charge is 2.21. The quantitative estimate of drug-likeness (QED) is 0.500. The first-order valence-electron chi connectivity index (χ1n) is 8.71. The third kappa shape index (κ3) is 3.08. The molecule has 4 aromatic rings. The van der Waals surface area contributed by atoms with Crippen molar-refractivity contribution in [3.63, 3.8) is 0 Å². The van der Waals surface area contributed by atoms with Crippen LogP contribution in [0.1, 0.15) is 23.5 Å². The van der Waals surface area contributed by atoms with Crippen molar-refractivity contribution in [2.45, 2.75) is 19.4 Å². The van der Waals surface area contributed by atoms with Crippen molar-refractivity contribution in [3.8, 4) is 0 Å². The van der Waals surface area contributed by atoms with Gasteiger partial charge in [0.25, 0.3) is 0 Å². The van der Waals surface area contributed by atoms with Gasteiger partial charge in [-0.25, -0.2) is 4.98 Å². The molecular weight excluding hydrogens is 340 g/mol. The van der Waals surface area contributed by atoms with Crippen LogP contribution in [-0.4, -0.2) is 22.8 Å². The van der Waals surface area contributed by atoms with Crippen molar-refractivity contribution in [1.29, 1.82) is 0 Å². The molecule has 0 saturated heterocycles. The van der Waals surface area contributed by atoms with Gasteiger partial charge in [-0.15, -0.1) is 11.3 Å². The molecule has 3 aromatic carbocycles. The summed E-state index contributed by atoms with van der Waals surface area (Å²) in [6, 6.07) is 22.4. The zero-order valence-electron chi connectivity index (χ0n) is 14.8. The number of nitrogens with zero attached hydrogens (tertiary/aromatic N) is 2. The number of benzene rings is 3. The summed E-state index contributed by atoms with van der Waals surface area (Å²) in [5.41, 5.74) is 2.06. The van der Waals surface area contributed by atoms with Crippen molar-refractivity contribution < 1.29 is 4.79 Å². The van der Waals surface area contributed by atoms with E-state index >= 15 is 0 Å². The molecule has 0 fully saturated rings. The number of carbonyl (C=O) groups excluding carboxylic acids is 1. The maximum absolute atomic E-state index is 12.9. The predicted octanol–water partition coefficient (Wildman–Crippen LogP) is 5.21. The largest absolute Gasteiger partial charge is 0.336 e. The Labute approximate surface area is 156 Å². The molecule has 3 nitrogen and oxygen atoms in total. The minimum absolute atomic E-state index is 0.0464. The van der Waals surface area contributed by atoms with Gasteiger partial charge in [-0.3, -0.25) is 4.79 Å². The lowest BCUT2D eigenvalue weighted by Crippen LogP contribution is -2.30. The number of rotatable bonds is 4. The molecule has 1 unspecified atom stereocenters. The molecule has 4 rings (SSSR count). The van der Waals surface area contributed by atoms with Gasteiger partial charge in [-0.2, -0.15) is 0 Å². The zero-order chi connectivity index (χ0) is 18.1. The van der Waals surface area contributed by atoms with E-state index < -0.39 is 0 Å². The number of likely N-dealkylation sites (N-methyl/N-ethyl adjacent to an activating group) is 1. The molecule has 0 N–H and O–H groups in total. The highest BCUT2D eigenvalue weighted by atomic mass is 32.1. The van der Waals surface area contributed by atoms with E-state index in [1.165, 1.54) is 5.39 Å². The molecule has 0 aliphatic carbocycles. The molecular formula is C22H20N2OS. The number of hydrogen-bond donors (Lipinski definition) is 0. The topological polar surface area (TPSA) is 33.2 Å². The lowest BCUT2D eigenvalue weighted by Gasteiger charge is -2.23. The highest BCUT2D eigenvalue weighted by molar-refractivity contribution is 7.18. The third-order valence-corrected chi connectivity index (χ3v) is 6.07. The van der Waals surface area contributed by atoms with E-state index in [1.54, 1.807) is 16.2 Å². The number of aromatic nitrogens is 1. The van der Waals surface area contributed by atoms with Crippen molar-refractivity contribution in [1.82, 2.24) is 9.88 Å². The minimum Gasteiger partial charge on any atom is -0.336 e. The second kappa shape index (κ2) is 6.89. The molecule has 0 radical (unpaired) electrons. The molecule has 26 heavy (non-hydrogen) atoms. The number of hydrogen-bond acceptors (Lipinski definition) is 3. The molecule has 1 amide bonds. The summed E-state index contributed by atoms with van der Waals surface area (Å²) in [4.78, 5) is 19.4. The molecule has 1 heterocycles. The maximum atomic E-state index is 12.9. The van der Waals surface area contributed by atoms with Crippen LogP contribution in [0.5, 0.6) is 0 Å². The Kier molecular flexibility index (Phi) is 4.43. The predicted molar refractivity (Wildman–Crippen MR) is 108 cm³/mol. The van der Waals surface area contributed by atoms with Gasteiger partial charge in [-0.1, -0.05) is 54.6 Å². The van der Waals surface area contributed by atoms with Gasteiger partial charge in [0.15, 0.2) is 0 Å². The van der Waals surface area contributed by atoms with Crippen LogP contribution in [0.4, 0.5) is 0 Å². The van der Waals surface area contributed by atoms with Gasteiger partial charge < -0.3 is 4.90 Å². The van der Waals surface area contributed by atoms with E-state index in [1.807, 2.05) is 56.4 Å². The van der Waals surface area contributed by atoms with Gasteiger partial charge in [0.2, 0.25) is 5.91 Å². The number of carbonyl (C=O) groups is 1. The van der Waals surface area contributed by atoms with Crippen molar-refractivity contribution in [3.05, 3.63) is 77.3 Å². The Hall–Kier alpha value is -2.72. The third-order valence-electron chi connectivity index (χ3n) is 4.86. The summed E-state index contributed by atoms with van der Waals surface area (Å²) < 4.78 is 1.16. The first-order valence-corrected chi connectivity index (χ1v) is 9.53. The fourth-order valence-electron chi connectivity index (χ4n) is 3.18. The summed E-state index contributed by atoms with van der Waals surface area (Å²) in [6.07, 6.45) is 0.396. The van der Waals surface area contributed by atoms with Crippen molar-refractivity contribution in [2.24, 2.45) is 0 Å². The molecule has 1 atom stereocenters. The van der Waals surface area contributed by atoms with Gasteiger partial charge in [0.1, 0.15) is 5.01 Å². The fourth-order valence-corrected chi connectivity index (χ4v) is 4.25. The first-order chi connectivity index (χ1) is 12.6. The Balaban J connectivity index is 1.57. The average molecular weight is 360 g/mol. The minimum atomic E-state index is -0.0464. The van der Waals surface area contributed by atoms with Crippen LogP contribution >= 0.6 is 11.3 Å². The molecule has 0 aliphatic rings. The second-order valence-electron chi connectivity index (χ2n) is 6.52. The van der Waals surface area contributed by atoms with E-state index in [-0.39, 0.29) is 11.9 Å². The first kappa shape index (κ1) is 16.7. The van der Waals surface area contributed by atoms with Crippen LogP contribution in [0.25, 0.3) is 21.0 Å². The lowest BCUT2D eigenvalue weighted by atomic mass is 10.0. The van der Waals surface area contributed by atoms with Crippen LogP contribution < -0.4 is 0 Å². The highest BCUT2D eigenvalue weighted by Crippen LogP contribution is 2.29. The molecule has 0 aliphatic heterocycles. The summed E-state index contributed by atoms with van der Waals surface area (Å²) in [7, 11) is 1.87. The van der Waals surface area contributed by atoms with E-state index in [4.69, 9.17) is 4.98 Å². The van der Waals surface area contributed by atoms with Gasteiger partial charge in [0.05, 0.1) is 22.7 Å².